The van der Waals surface area contributed by atoms with Crippen LogP contribution in [-0.2, 0) is 4.74 Å². The van der Waals surface area contributed by atoms with Crippen LogP contribution in [0.15, 0.2) is 18.3 Å². The molecule has 1 fully saturated rings. The summed E-state index contributed by atoms with van der Waals surface area (Å²) in [6, 6.07) is 3.68. The molecular weight excluding hydrogens is 256 g/mol. The van der Waals surface area contributed by atoms with Gasteiger partial charge in [-0.15, -0.1) is 0 Å². The van der Waals surface area contributed by atoms with Gasteiger partial charge in [-0.05, 0) is 33.3 Å². The molecule has 1 aliphatic heterocycles. The highest BCUT2D eigenvalue weighted by molar-refractivity contribution is 5.68. The molecule has 0 saturated carbocycles. The van der Waals surface area contributed by atoms with Crippen LogP contribution in [0, 0.1) is 0 Å². The molecule has 110 valence electrons. The topological polar surface area (TPSA) is 80.5 Å². The zero-order valence-electron chi connectivity index (χ0n) is 12.2. The summed E-state index contributed by atoms with van der Waals surface area (Å²) in [5.74, 6) is 0.846. The third kappa shape index (κ3) is 4.01. The fourth-order valence-electron chi connectivity index (χ4n) is 2.17. The average Bonchev–Trinajstić information content (AvgIpc) is 2.74. The van der Waals surface area contributed by atoms with Gasteiger partial charge in [0.25, 0.3) is 0 Å². The number of carbonyl (C=O) groups is 1. The first-order chi connectivity index (χ1) is 9.33. The Labute approximate surface area is 119 Å². The highest BCUT2D eigenvalue weighted by atomic mass is 16.6. The van der Waals surface area contributed by atoms with E-state index in [1.54, 1.807) is 12.3 Å². The number of nitrogens with two attached hydrogens (primary N) is 1. The first-order valence-electron chi connectivity index (χ1n) is 6.79. The number of hydrogen-bond donors (Lipinski definition) is 2. The predicted molar refractivity (Wildman–Crippen MR) is 78.6 cm³/mol. The molecule has 0 spiro atoms. The molecule has 0 bridgehead atoms. The van der Waals surface area contributed by atoms with Gasteiger partial charge < -0.3 is 20.7 Å². The normalized spacial score (nSPS) is 18.9. The Balaban J connectivity index is 1.88. The van der Waals surface area contributed by atoms with Crippen LogP contribution in [0.2, 0.25) is 0 Å². The molecule has 6 heteroatoms. The molecular formula is C14H22N4O2. The van der Waals surface area contributed by atoms with Gasteiger partial charge in [0.15, 0.2) is 0 Å². The largest absolute Gasteiger partial charge is 0.444 e. The summed E-state index contributed by atoms with van der Waals surface area (Å²) in [5, 5.41) is 2.89. The predicted octanol–water partition coefficient (Wildman–Crippen LogP) is 1.77. The lowest BCUT2D eigenvalue weighted by atomic mass is 10.2. The molecule has 2 rings (SSSR count). The first kappa shape index (κ1) is 14.4. The number of ether oxygens (including phenoxy) is 1. The second-order valence-corrected chi connectivity index (χ2v) is 6.03. The van der Waals surface area contributed by atoms with E-state index in [0.717, 1.165) is 25.3 Å². The van der Waals surface area contributed by atoms with Crippen molar-refractivity contribution in [2.24, 2.45) is 0 Å². The number of pyridine rings is 1. The monoisotopic (exact) mass is 278 g/mol. The van der Waals surface area contributed by atoms with Crippen LogP contribution < -0.4 is 16.0 Å². The third-order valence-electron chi connectivity index (χ3n) is 3.00. The standard InChI is InChI=1S/C14H22N4O2/c1-14(2,3)20-13(19)17-11-5-7-18(9-11)12-8-10(15)4-6-16-12/h4,6,8,11H,5,7,9H2,1-3H3,(H2,15,16)(H,17,19)/t11-/m0/s1. The number of rotatable bonds is 2. The Morgan fingerprint density at radius 1 is 1.55 bits per heavy atom. The van der Waals surface area contributed by atoms with Crippen molar-refractivity contribution in [3.05, 3.63) is 18.3 Å². The van der Waals surface area contributed by atoms with Crippen molar-refractivity contribution in [1.82, 2.24) is 10.3 Å². The molecule has 6 nitrogen and oxygen atoms in total. The minimum atomic E-state index is -0.474. The van der Waals surface area contributed by atoms with Crippen LogP contribution in [0.1, 0.15) is 27.2 Å². The molecule has 1 saturated heterocycles. The van der Waals surface area contributed by atoms with E-state index in [1.807, 2.05) is 26.8 Å². The van der Waals surface area contributed by atoms with E-state index in [2.05, 4.69) is 15.2 Å². The number of aromatic nitrogens is 1. The van der Waals surface area contributed by atoms with Crippen molar-refractivity contribution < 1.29 is 9.53 Å². The number of nitrogens with zero attached hydrogens (tertiary/aromatic N) is 2. The van der Waals surface area contributed by atoms with E-state index in [0.29, 0.717) is 5.69 Å². The molecule has 1 atom stereocenters. The van der Waals surface area contributed by atoms with E-state index in [9.17, 15) is 4.79 Å². The summed E-state index contributed by atoms with van der Waals surface area (Å²) < 4.78 is 5.26. The maximum atomic E-state index is 11.7. The molecule has 0 aromatic carbocycles. The number of nitrogens with one attached hydrogen (secondary N) is 1. The van der Waals surface area contributed by atoms with Gasteiger partial charge in [0, 0.05) is 31.0 Å². The van der Waals surface area contributed by atoms with Crippen molar-refractivity contribution in [2.45, 2.75) is 38.8 Å². The highest BCUT2D eigenvalue weighted by Crippen LogP contribution is 2.20. The van der Waals surface area contributed by atoms with Crippen LogP contribution in [0.4, 0.5) is 16.3 Å². The number of anilines is 2. The molecule has 0 aliphatic carbocycles. The minimum absolute atomic E-state index is 0.0769. The number of alkyl carbamates (subject to hydrolysis) is 1. The van der Waals surface area contributed by atoms with Crippen LogP contribution in [0.25, 0.3) is 0 Å². The minimum Gasteiger partial charge on any atom is -0.444 e. The molecule has 0 unspecified atom stereocenters. The van der Waals surface area contributed by atoms with Crippen molar-refractivity contribution in [1.29, 1.82) is 0 Å². The Bertz CT molecular complexity index is 484. The first-order valence-corrected chi connectivity index (χ1v) is 6.79. The van der Waals surface area contributed by atoms with Crippen LogP contribution in [0.3, 0.4) is 0 Å². The van der Waals surface area contributed by atoms with E-state index in [-0.39, 0.29) is 12.1 Å². The highest BCUT2D eigenvalue weighted by Gasteiger charge is 2.26. The second-order valence-electron chi connectivity index (χ2n) is 6.03. The fraction of sp³-hybridized carbons (Fsp3) is 0.571. The fourth-order valence-corrected chi connectivity index (χ4v) is 2.17. The third-order valence-corrected chi connectivity index (χ3v) is 3.00. The second kappa shape index (κ2) is 5.56. The molecule has 2 heterocycles. The molecule has 1 aliphatic rings. The van der Waals surface area contributed by atoms with Crippen molar-refractivity contribution in [3.63, 3.8) is 0 Å². The van der Waals surface area contributed by atoms with Crippen LogP contribution >= 0.6 is 0 Å². The zero-order chi connectivity index (χ0) is 14.8. The van der Waals surface area contributed by atoms with E-state index < -0.39 is 5.60 Å². The van der Waals surface area contributed by atoms with Gasteiger partial charge in [-0.3, -0.25) is 0 Å². The van der Waals surface area contributed by atoms with Gasteiger partial charge in [0.2, 0.25) is 0 Å². The van der Waals surface area contributed by atoms with E-state index in [4.69, 9.17) is 10.5 Å². The molecule has 20 heavy (non-hydrogen) atoms. The Morgan fingerprint density at radius 2 is 2.30 bits per heavy atom. The Morgan fingerprint density at radius 3 is 2.95 bits per heavy atom. The maximum absolute atomic E-state index is 11.7. The Kier molecular flexibility index (Phi) is 4.01. The summed E-state index contributed by atoms with van der Waals surface area (Å²) in [5.41, 5.74) is 5.97. The quantitative estimate of drug-likeness (QED) is 0.861. The van der Waals surface area contributed by atoms with E-state index >= 15 is 0 Å². The number of nitrogen functional groups attached to an aromatic ring is 1. The lowest BCUT2D eigenvalue weighted by molar-refractivity contribution is 0.0509. The maximum Gasteiger partial charge on any atom is 0.407 e. The SMILES string of the molecule is CC(C)(C)OC(=O)N[C@H]1CCN(c2cc(N)ccn2)C1. The number of carbonyl (C=O) groups excluding carboxylic acids is 1. The summed E-state index contributed by atoms with van der Waals surface area (Å²) in [6.07, 6.45) is 2.19. The Hall–Kier alpha value is -1.98. The van der Waals surface area contributed by atoms with Gasteiger partial charge in [-0.1, -0.05) is 0 Å². The average molecular weight is 278 g/mol. The van der Waals surface area contributed by atoms with Crippen molar-refractivity contribution in [3.8, 4) is 0 Å². The number of amides is 1. The van der Waals surface area contributed by atoms with Crippen molar-refractivity contribution >= 4 is 17.6 Å². The van der Waals surface area contributed by atoms with Crippen LogP contribution in [0.5, 0.6) is 0 Å². The van der Waals surface area contributed by atoms with Gasteiger partial charge >= 0.3 is 6.09 Å². The van der Waals surface area contributed by atoms with Crippen LogP contribution in [-0.4, -0.2) is 35.8 Å². The van der Waals surface area contributed by atoms with Crippen molar-refractivity contribution in [2.75, 3.05) is 23.7 Å². The smallest absolute Gasteiger partial charge is 0.407 e. The summed E-state index contributed by atoms with van der Waals surface area (Å²) in [4.78, 5) is 18.1. The molecule has 3 N–H and O–H groups in total. The summed E-state index contributed by atoms with van der Waals surface area (Å²) >= 11 is 0. The molecule has 1 aromatic rings. The van der Waals surface area contributed by atoms with Gasteiger partial charge in [-0.25, -0.2) is 9.78 Å². The lowest BCUT2D eigenvalue weighted by Crippen LogP contribution is -2.40. The molecule has 1 aromatic heterocycles. The number of hydrogen-bond acceptors (Lipinski definition) is 5. The summed E-state index contributed by atoms with van der Waals surface area (Å²) in [7, 11) is 0. The summed E-state index contributed by atoms with van der Waals surface area (Å²) in [6.45, 7) is 7.12. The van der Waals surface area contributed by atoms with E-state index in [1.165, 1.54) is 0 Å². The lowest BCUT2D eigenvalue weighted by Gasteiger charge is -2.22. The molecule has 0 radical (unpaired) electrons. The van der Waals surface area contributed by atoms with Gasteiger partial charge in [0.05, 0.1) is 6.04 Å². The zero-order valence-corrected chi connectivity index (χ0v) is 12.2. The van der Waals surface area contributed by atoms with Gasteiger partial charge in [-0.2, -0.15) is 0 Å². The van der Waals surface area contributed by atoms with Gasteiger partial charge in [0.1, 0.15) is 11.4 Å². The molecule has 1 amide bonds.